The van der Waals surface area contributed by atoms with E-state index in [1.807, 2.05) is 0 Å². The van der Waals surface area contributed by atoms with Gasteiger partial charge in [0.2, 0.25) is 0 Å². The van der Waals surface area contributed by atoms with Gasteiger partial charge in [0, 0.05) is 0 Å². The van der Waals surface area contributed by atoms with E-state index in [9.17, 15) is 0 Å². The van der Waals surface area contributed by atoms with Gasteiger partial charge in [-0.05, 0) is 18.8 Å². The maximum absolute atomic E-state index is 5.37. The first kappa shape index (κ1) is 11.8. The van der Waals surface area contributed by atoms with Crippen molar-refractivity contribution in [2.24, 2.45) is 5.92 Å². The van der Waals surface area contributed by atoms with E-state index in [1.165, 1.54) is 64.2 Å². The molecule has 0 atom stereocenters. The summed E-state index contributed by atoms with van der Waals surface area (Å²) in [5.74, 6) is 1.04. The maximum atomic E-state index is 5.37. The fraction of sp³-hybridized carbons (Fsp3) is 0.857. The Bertz CT molecular complexity index is 129. The number of hydrogen-bond acceptors (Lipinski definition) is 0. The molecule has 81 valence electrons. The number of unbranched alkanes of at least 4 members (excludes halogenated alkanes) is 2. The zero-order valence-electron chi connectivity index (χ0n) is 9.51. The molecule has 0 aromatic rings. The summed E-state index contributed by atoms with van der Waals surface area (Å²) in [4.78, 5) is 0. The first-order valence-corrected chi connectivity index (χ1v) is 6.47. The van der Waals surface area contributed by atoms with E-state index in [0.717, 1.165) is 12.3 Å². The molecular weight excluding hydrogens is 168 g/mol. The van der Waals surface area contributed by atoms with Crippen molar-refractivity contribution in [3.05, 3.63) is 12.7 Å². The Hall–Kier alpha value is -0.260. The summed E-state index contributed by atoms with van der Waals surface area (Å²) in [6, 6.07) is 0. The first-order valence-electron chi connectivity index (χ1n) is 6.47. The van der Waals surface area contributed by atoms with E-state index >= 15 is 0 Å². The average Bonchev–Trinajstić information content (AvgIpc) is 2.15. The van der Waals surface area contributed by atoms with Gasteiger partial charge in [0.05, 0.1) is 0 Å². The second-order valence-corrected chi connectivity index (χ2v) is 4.73. The number of hydrogen-bond donors (Lipinski definition) is 0. The Morgan fingerprint density at radius 3 is 2.21 bits per heavy atom. The minimum Gasteiger partial charge on any atom is -0.0845 e. The van der Waals surface area contributed by atoms with E-state index in [2.05, 4.69) is 0 Å². The smallest absolute Gasteiger partial charge is 0.0348 e. The third-order valence-corrected chi connectivity index (χ3v) is 3.46. The second-order valence-electron chi connectivity index (χ2n) is 4.73. The van der Waals surface area contributed by atoms with Crippen LogP contribution in [0.15, 0.2) is 6.08 Å². The van der Waals surface area contributed by atoms with Crippen molar-refractivity contribution in [1.82, 2.24) is 0 Å². The van der Waals surface area contributed by atoms with Crippen LogP contribution in [0.1, 0.15) is 70.6 Å². The maximum Gasteiger partial charge on any atom is -0.0348 e. The highest BCUT2D eigenvalue weighted by atomic mass is 14.2. The fourth-order valence-electron chi connectivity index (χ4n) is 2.52. The molecule has 0 unspecified atom stereocenters. The molecule has 0 nitrogen and oxygen atoms in total. The topological polar surface area (TPSA) is 0 Å². The van der Waals surface area contributed by atoms with Crippen molar-refractivity contribution in [3.8, 4) is 0 Å². The van der Waals surface area contributed by atoms with Crippen LogP contribution in [0.2, 0.25) is 0 Å². The van der Waals surface area contributed by atoms with Gasteiger partial charge in [0.1, 0.15) is 0 Å². The molecule has 0 amide bonds. The predicted molar refractivity (Wildman–Crippen MR) is 63.1 cm³/mol. The molecule has 1 aliphatic rings. The lowest BCUT2D eigenvalue weighted by Crippen LogP contribution is -2.03. The Morgan fingerprint density at radius 2 is 1.57 bits per heavy atom. The molecule has 0 aliphatic heterocycles. The molecule has 0 spiro atoms. The SMILES string of the molecule is [CH]=CCCCCC1CCCCCCC1. The zero-order chi connectivity index (χ0) is 10.1. The van der Waals surface area contributed by atoms with Gasteiger partial charge in [-0.25, -0.2) is 0 Å². The Morgan fingerprint density at radius 1 is 0.929 bits per heavy atom. The molecule has 1 saturated carbocycles. The number of allylic oxidation sites excluding steroid dienone is 1. The van der Waals surface area contributed by atoms with Crippen molar-refractivity contribution in [3.63, 3.8) is 0 Å². The molecule has 14 heavy (non-hydrogen) atoms. The van der Waals surface area contributed by atoms with E-state index < -0.39 is 0 Å². The largest absolute Gasteiger partial charge is 0.0845 e. The third kappa shape index (κ3) is 5.47. The lowest BCUT2D eigenvalue weighted by Gasteiger charge is -2.19. The van der Waals surface area contributed by atoms with Crippen molar-refractivity contribution >= 4 is 0 Å². The summed E-state index contributed by atoms with van der Waals surface area (Å²) in [6.07, 6.45) is 17.4. The van der Waals surface area contributed by atoms with E-state index in [1.54, 1.807) is 6.08 Å². The highest BCUT2D eigenvalue weighted by molar-refractivity contribution is 4.66. The lowest BCUT2D eigenvalue weighted by molar-refractivity contribution is 0.349. The molecular formula is C14H25. The van der Waals surface area contributed by atoms with Crippen LogP contribution in [0.4, 0.5) is 0 Å². The second kappa shape index (κ2) is 8.08. The van der Waals surface area contributed by atoms with E-state index in [-0.39, 0.29) is 0 Å². The Balaban J connectivity index is 2.04. The minimum absolute atomic E-state index is 1.04. The van der Waals surface area contributed by atoms with Crippen molar-refractivity contribution in [2.45, 2.75) is 70.6 Å². The van der Waals surface area contributed by atoms with Gasteiger partial charge in [-0.15, -0.1) is 0 Å². The first-order chi connectivity index (χ1) is 6.93. The highest BCUT2D eigenvalue weighted by Crippen LogP contribution is 2.26. The zero-order valence-corrected chi connectivity index (χ0v) is 9.51. The lowest BCUT2D eigenvalue weighted by atomic mass is 9.87. The third-order valence-electron chi connectivity index (χ3n) is 3.46. The summed E-state index contributed by atoms with van der Waals surface area (Å²) in [7, 11) is 0. The summed E-state index contributed by atoms with van der Waals surface area (Å²) >= 11 is 0. The molecule has 1 aliphatic carbocycles. The predicted octanol–water partition coefficient (Wildman–Crippen LogP) is 4.90. The summed E-state index contributed by atoms with van der Waals surface area (Å²) < 4.78 is 0. The van der Waals surface area contributed by atoms with Gasteiger partial charge >= 0.3 is 0 Å². The molecule has 1 rings (SSSR count). The standard InChI is InChI=1S/C14H25/c1-2-3-4-8-11-14-12-9-6-5-7-10-13-14/h1-2,14H,3-13H2. The van der Waals surface area contributed by atoms with E-state index in [4.69, 9.17) is 6.58 Å². The molecule has 0 heterocycles. The van der Waals surface area contributed by atoms with Crippen LogP contribution in [0, 0.1) is 12.5 Å². The molecule has 0 aromatic carbocycles. The van der Waals surface area contributed by atoms with Gasteiger partial charge in [-0.1, -0.05) is 70.4 Å². The van der Waals surface area contributed by atoms with Gasteiger partial charge in [-0.3, -0.25) is 0 Å². The Kier molecular flexibility index (Phi) is 6.82. The quantitative estimate of drug-likeness (QED) is 0.545. The van der Waals surface area contributed by atoms with E-state index in [0.29, 0.717) is 0 Å². The summed E-state index contributed by atoms with van der Waals surface area (Å²) in [5, 5.41) is 0. The Labute approximate surface area is 89.8 Å². The average molecular weight is 193 g/mol. The molecule has 0 saturated heterocycles. The highest BCUT2D eigenvalue weighted by Gasteiger charge is 2.10. The van der Waals surface area contributed by atoms with Gasteiger partial charge in [0.25, 0.3) is 0 Å². The fourth-order valence-corrected chi connectivity index (χ4v) is 2.52. The van der Waals surface area contributed by atoms with Crippen LogP contribution in [0.3, 0.4) is 0 Å². The number of rotatable bonds is 5. The molecule has 0 heteroatoms. The molecule has 0 N–H and O–H groups in total. The van der Waals surface area contributed by atoms with Crippen LogP contribution < -0.4 is 0 Å². The van der Waals surface area contributed by atoms with Gasteiger partial charge < -0.3 is 0 Å². The van der Waals surface area contributed by atoms with Crippen LogP contribution in [-0.4, -0.2) is 0 Å². The van der Waals surface area contributed by atoms with Crippen molar-refractivity contribution in [2.75, 3.05) is 0 Å². The van der Waals surface area contributed by atoms with Crippen LogP contribution in [-0.2, 0) is 0 Å². The van der Waals surface area contributed by atoms with Gasteiger partial charge in [0.15, 0.2) is 0 Å². The molecule has 1 radical (unpaired) electrons. The molecule has 0 aromatic heterocycles. The summed E-state index contributed by atoms with van der Waals surface area (Å²) in [6.45, 7) is 5.37. The summed E-state index contributed by atoms with van der Waals surface area (Å²) in [5.41, 5.74) is 0. The molecule has 1 fully saturated rings. The van der Waals surface area contributed by atoms with Gasteiger partial charge in [-0.2, -0.15) is 0 Å². The van der Waals surface area contributed by atoms with Crippen molar-refractivity contribution in [1.29, 1.82) is 0 Å². The molecule has 0 bridgehead atoms. The normalized spacial score (nSPS) is 20.0. The van der Waals surface area contributed by atoms with Crippen LogP contribution in [0.5, 0.6) is 0 Å². The minimum atomic E-state index is 1.04. The van der Waals surface area contributed by atoms with Crippen LogP contribution >= 0.6 is 0 Å². The van der Waals surface area contributed by atoms with Crippen LogP contribution in [0.25, 0.3) is 0 Å². The monoisotopic (exact) mass is 193 g/mol. The van der Waals surface area contributed by atoms with Crippen molar-refractivity contribution < 1.29 is 0 Å².